The minimum atomic E-state index is -0.704. The Bertz CT molecular complexity index is 1110. The largest absolute Gasteiger partial charge is 0.462 e. The van der Waals surface area contributed by atoms with Gasteiger partial charge in [-0.1, -0.05) is 33.6 Å². The van der Waals surface area contributed by atoms with Crippen molar-refractivity contribution >= 4 is 41.1 Å². The number of rotatable bonds is 15. The van der Waals surface area contributed by atoms with E-state index in [2.05, 4.69) is 17.6 Å². The Labute approximate surface area is 228 Å². The zero-order chi connectivity index (χ0) is 28.6. The van der Waals surface area contributed by atoms with Gasteiger partial charge in [0.2, 0.25) is 5.91 Å². The maximum absolute atomic E-state index is 12.1. The van der Waals surface area contributed by atoms with Crippen LogP contribution in [0, 0.1) is 5.92 Å². The van der Waals surface area contributed by atoms with Crippen molar-refractivity contribution in [1.82, 2.24) is 0 Å². The van der Waals surface area contributed by atoms with Crippen LogP contribution in [0.3, 0.4) is 0 Å². The van der Waals surface area contributed by atoms with E-state index >= 15 is 0 Å². The molecule has 0 aromatic heterocycles. The van der Waals surface area contributed by atoms with Crippen LogP contribution in [-0.2, 0) is 28.6 Å². The summed E-state index contributed by atoms with van der Waals surface area (Å²) in [5, 5.41) is 5.20. The molecule has 0 aliphatic rings. The number of ether oxygens (including phenoxy) is 3. The van der Waals surface area contributed by atoms with E-state index in [0.29, 0.717) is 35.7 Å². The van der Waals surface area contributed by atoms with Crippen LogP contribution in [0.5, 0.6) is 0 Å². The quantitative estimate of drug-likeness (QED) is 0.188. The SMILES string of the molecule is CCCCCOC(=O)c1ccc(NC(=O)CCC(=O)OCC(=O)Nc2ccc(C(=O)OCC(C)C)cc2)cc1. The summed E-state index contributed by atoms with van der Waals surface area (Å²) in [6, 6.07) is 12.4. The fourth-order valence-corrected chi connectivity index (χ4v) is 3.16. The Morgan fingerprint density at radius 1 is 0.692 bits per heavy atom. The summed E-state index contributed by atoms with van der Waals surface area (Å²) in [5.74, 6) is -2.33. The molecule has 2 amide bonds. The molecule has 10 heteroatoms. The number of nitrogens with one attached hydrogen (secondary N) is 2. The number of hydrogen-bond acceptors (Lipinski definition) is 8. The van der Waals surface area contributed by atoms with Gasteiger partial charge in [-0.3, -0.25) is 14.4 Å². The third-order valence-corrected chi connectivity index (χ3v) is 5.26. The Hall–Kier alpha value is -4.21. The van der Waals surface area contributed by atoms with Crippen LogP contribution in [0.1, 0.15) is 73.6 Å². The van der Waals surface area contributed by atoms with E-state index in [-0.39, 0.29) is 18.8 Å². The normalized spacial score (nSPS) is 10.5. The summed E-state index contributed by atoms with van der Waals surface area (Å²) < 4.78 is 15.3. The first kappa shape index (κ1) is 31.0. The molecule has 0 unspecified atom stereocenters. The molecule has 39 heavy (non-hydrogen) atoms. The van der Waals surface area contributed by atoms with Gasteiger partial charge < -0.3 is 24.8 Å². The zero-order valence-electron chi connectivity index (χ0n) is 22.6. The molecule has 0 aliphatic carbocycles. The molecule has 10 nitrogen and oxygen atoms in total. The van der Waals surface area contributed by atoms with E-state index in [9.17, 15) is 24.0 Å². The number of unbranched alkanes of at least 4 members (excludes halogenated alkanes) is 2. The summed E-state index contributed by atoms with van der Waals surface area (Å²) in [4.78, 5) is 60.1. The van der Waals surface area contributed by atoms with Crippen molar-refractivity contribution in [2.24, 2.45) is 5.92 Å². The lowest BCUT2D eigenvalue weighted by atomic mass is 10.2. The van der Waals surface area contributed by atoms with Gasteiger partial charge in [0.15, 0.2) is 6.61 Å². The summed E-state index contributed by atoms with van der Waals surface area (Å²) >= 11 is 0. The maximum atomic E-state index is 12.1. The smallest absolute Gasteiger partial charge is 0.338 e. The number of carbonyl (C=O) groups excluding carboxylic acids is 5. The van der Waals surface area contributed by atoms with Crippen LogP contribution in [-0.4, -0.2) is 49.5 Å². The molecule has 2 N–H and O–H groups in total. The van der Waals surface area contributed by atoms with Gasteiger partial charge in [-0.25, -0.2) is 9.59 Å². The number of hydrogen-bond donors (Lipinski definition) is 2. The molecule has 0 saturated carbocycles. The molecule has 2 aromatic rings. The van der Waals surface area contributed by atoms with E-state index in [4.69, 9.17) is 14.2 Å². The highest BCUT2D eigenvalue weighted by Gasteiger charge is 2.13. The summed E-state index contributed by atoms with van der Waals surface area (Å²) in [6.07, 6.45) is 2.49. The van der Waals surface area contributed by atoms with Crippen molar-refractivity contribution in [1.29, 1.82) is 0 Å². The van der Waals surface area contributed by atoms with Gasteiger partial charge in [-0.2, -0.15) is 0 Å². The fourth-order valence-electron chi connectivity index (χ4n) is 3.16. The van der Waals surface area contributed by atoms with Crippen LogP contribution in [0.2, 0.25) is 0 Å². The third kappa shape index (κ3) is 12.3. The number of amides is 2. The number of benzene rings is 2. The molecule has 0 aliphatic heterocycles. The molecule has 2 aromatic carbocycles. The molecule has 0 bridgehead atoms. The first-order valence-electron chi connectivity index (χ1n) is 13.0. The lowest BCUT2D eigenvalue weighted by molar-refractivity contribution is -0.147. The maximum Gasteiger partial charge on any atom is 0.338 e. The molecular formula is C29H36N2O8. The molecule has 0 atom stereocenters. The van der Waals surface area contributed by atoms with Gasteiger partial charge in [0.25, 0.3) is 5.91 Å². The van der Waals surface area contributed by atoms with Gasteiger partial charge in [-0.05, 0) is 60.9 Å². The predicted molar refractivity (Wildman–Crippen MR) is 145 cm³/mol. The van der Waals surface area contributed by atoms with Crippen molar-refractivity contribution in [3.8, 4) is 0 Å². The Balaban J connectivity index is 1.67. The average molecular weight is 541 g/mol. The first-order chi connectivity index (χ1) is 18.7. The number of carbonyl (C=O) groups is 5. The van der Waals surface area contributed by atoms with E-state index in [1.807, 2.05) is 13.8 Å². The van der Waals surface area contributed by atoms with E-state index in [1.165, 1.54) is 12.1 Å². The van der Waals surface area contributed by atoms with E-state index < -0.39 is 36.3 Å². The first-order valence-corrected chi connectivity index (χ1v) is 13.0. The highest BCUT2D eigenvalue weighted by Crippen LogP contribution is 2.13. The average Bonchev–Trinajstić information content (AvgIpc) is 2.92. The van der Waals surface area contributed by atoms with Gasteiger partial charge >= 0.3 is 17.9 Å². The second-order valence-corrected chi connectivity index (χ2v) is 9.25. The highest BCUT2D eigenvalue weighted by atomic mass is 16.5. The molecular weight excluding hydrogens is 504 g/mol. The monoisotopic (exact) mass is 540 g/mol. The fraction of sp³-hybridized carbons (Fsp3) is 0.414. The van der Waals surface area contributed by atoms with Gasteiger partial charge in [0.05, 0.1) is 30.8 Å². The lowest BCUT2D eigenvalue weighted by Crippen LogP contribution is -2.22. The second kappa shape index (κ2) is 16.6. The van der Waals surface area contributed by atoms with Crippen molar-refractivity contribution in [3.63, 3.8) is 0 Å². The molecule has 0 radical (unpaired) electrons. The molecule has 2 rings (SSSR count). The standard InChI is InChI=1S/C29H36N2O8/c1-4-5-6-17-37-28(35)21-7-11-23(12-8-21)30-25(32)15-16-27(34)38-19-26(33)31-24-13-9-22(10-14-24)29(36)39-18-20(2)3/h7-14,20H,4-6,15-19H2,1-3H3,(H,30,32)(H,31,33). The Morgan fingerprint density at radius 3 is 1.77 bits per heavy atom. The molecule has 0 saturated heterocycles. The van der Waals surface area contributed by atoms with Crippen LogP contribution in [0.4, 0.5) is 11.4 Å². The van der Waals surface area contributed by atoms with Crippen molar-refractivity contribution < 1.29 is 38.2 Å². The van der Waals surface area contributed by atoms with Gasteiger partial charge in [0, 0.05) is 17.8 Å². The highest BCUT2D eigenvalue weighted by molar-refractivity contribution is 5.96. The molecule has 0 fully saturated rings. The molecule has 0 heterocycles. The lowest BCUT2D eigenvalue weighted by Gasteiger charge is -2.09. The third-order valence-electron chi connectivity index (χ3n) is 5.26. The van der Waals surface area contributed by atoms with Crippen molar-refractivity contribution in [2.45, 2.75) is 52.9 Å². The van der Waals surface area contributed by atoms with E-state index in [0.717, 1.165) is 19.3 Å². The minimum absolute atomic E-state index is 0.143. The minimum Gasteiger partial charge on any atom is -0.462 e. The summed E-state index contributed by atoms with van der Waals surface area (Å²) in [7, 11) is 0. The van der Waals surface area contributed by atoms with E-state index in [1.54, 1.807) is 36.4 Å². The van der Waals surface area contributed by atoms with Crippen LogP contribution >= 0.6 is 0 Å². The summed E-state index contributed by atoms with van der Waals surface area (Å²) in [5.41, 5.74) is 1.63. The van der Waals surface area contributed by atoms with Gasteiger partial charge in [0.1, 0.15) is 0 Å². The van der Waals surface area contributed by atoms with Crippen LogP contribution < -0.4 is 10.6 Å². The van der Waals surface area contributed by atoms with Crippen LogP contribution in [0.15, 0.2) is 48.5 Å². The van der Waals surface area contributed by atoms with Crippen molar-refractivity contribution in [2.75, 3.05) is 30.5 Å². The predicted octanol–water partition coefficient (Wildman–Crippen LogP) is 4.75. The topological polar surface area (TPSA) is 137 Å². The number of anilines is 2. The molecule has 0 spiro atoms. The Kier molecular flexibility index (Phi) is 13.2. The number of esters is 3. The molecule has 210 valence electrons. The Morgan fingerprint density at radius 2 is 1.23 bits per heavy atom. The van der Waals surface area contributed by atoms with Gasteiger partial charge in [-0.15, -0.1) is 0 Å². The second-order valence-electron chi connectivity index (χ2n) is 9.25. The van der Waals surface area contributed by atoms with Crippen molar-refractivity contribution in [3.05, 3.63) is 59.7 Å². The zero-order valence-corrected chi connectivity index (χ0v) is 22.6. The van der Waals surface area contributed by atoms with Crippen LogP contribution in [0.25, 0.3) is 0 Å². The summed E-state index contributed by atoms with van der Waals surface area (Å²) in [6.45, 7) is 6.10.